The predicted molar refractivity (Wildman–Crippen MR) is 67.8 cm³/mol. The number of aromatic amines is 2. The second-order valence-corrected chi connectivity index (χ2v) is 4.34. The lowest BCUT2D eigenvalue weighted by Crippen LogP contribution is -2.24. The van der Waals surface area contributed by atoms with Gasteiger partial charge in [-0.05, 0) is 24.4 Å². The van der Waals surface area contributed by atoms with Crippen molar-refractivity contribution in [2.24, 2.45) is 0 Å². The summed E-state index contributed by atoms with van der Waals surface area (Å²) in [7, 11) is 0. The van der Waals surface area contributed by atoms with Gasteiger partial charge in [0.2, 0.25) is 0 Å². The van der Waals surface area contributed by atoms with Gasteiger partial charge < -0.3 is 5.32 Å². The number of hydrogen-bond acceptors (Lipinski definition) is 4. The molecule has 100 valence electrons. The average Bonchev–Trinajstić information content (AvgIpc) is 2.95. The van der Waals surface area contributed by atoms with Gasteiger partial charge in [0, 0.05) is 18.4 Å². The molecule has 0 saturated heterocycles. The summed E-state index contributed by atoms with van der Waals surface area (Å²) in [4.78, 5) is 21.4. The molecule has 1 aliphatic carbocycles. The molecule has 3 rings (SSSR count). The van der Waals surface area contributed by atoms with Crippen LogP contribution in [0.15, 0.2) is 24.8 Å². The van der Waals surface area contributed by atoms with Gasteiger partial charge in [0.15, 0.2) is 0 Å². The Labute approximate surface area is 113 Å². The third-order valence-corrected chi connectivity index (χ3v) is 2.62. The van der Waals surface area contributed by atoms with Crippen LogP contribution >= 0.6 is 11.6 Å². The van der Waals surface area contributed by atoms with Crippen molar-refractivity contribution in [2.75, 3.05) is 0 Å². The molecule has 3 N–H and O–H groups in total. The fraction of sp³-hybridized carbons (Fsp3) is 0.273. The van der Waals surface area contributed by atoms with E-state index in [-0.39, 0.29) is 5.91 Å². The maximum atomic E-state index is 11.2. The number of nitrogens with zero attached hydrogens (tertiary/aromatic N) is 2. The van der Waals surface area contributed by atoms with Crippen LogP contribution in [0.5, 0.6) is 0 Å². The number of hydrogen-bond donors (Lipinski definition) is 3. The maximum absolute atomic E-state index is 11.2. The molecule has 7 nitrogen and oxygen atoms in total. The summed E-state index contributed by atoms with van der Waals surface area (Å²) in [5, 5.41) is 14.6. The zero-order chi connectivity index (χ0) is 13.7. The van der Waals surface area contributed by atoms with Crippen molar-refractivity contribution in [3.63, 3.8) is 0 Å². The summed E-state index contributed by atoms with van der Waals surface area (Å²) >= 11 is 5.05. The van der Waals surface area contributed by atoms with Crippen LogP contribution < -0.4 is 5.32 Å². The highest BCUT2D eigenvalue weighted by Gasteiger charge is 2.23. The lowest BCUT2D eigenvalue weighted by Gasteiger charge is -1.97. The standard InChI is InChI=1S/C7H9N3O.C4H3ClN2O/c11-7(10-6-1-2-6)5-3-8-9-4-5;5-4(8)3-1-6-7-2-3/h3-4,6H,1-2H2,(H,8,9)(H,10,11);1-2H,(H,6,7). The van der Waals surface area contributed by atoms with Crippen LogP contribution in [-0.2, 0) is 0 Å². The first kappa shape index (κ1) is 13.3. The van der Waals surface area contributed by atoms with Crippen molar-refractivity contribution in [3.05, 3.63) is 35.9 Å². The lowest BCUT2D eigenvalue weighted by molar-refractivity contribution is 0.0950. The van der Waals surface area contributed by atoms with E-state index in [1.807, 2.05) is 0 Å². The second-order valence-electron chi connectivity index (χ2n) is 4.00. The van der Waals surface area contributed by atoms with E-state index in [0.717, 1.165) is 12.8 Å². The van der Waals surface area contributed by atoms with Gasteiger partial charge in [-0.2, -0.15) is 10.2 Å². The molecule has 2 aromatic heterocycles. The Morgan fingerprint density at radius 2 is 1.74 bits per heavy atom. The molecule has 1 fully saturated rings. The van der Waals surface area contributed by atoms with E-state index in [4.69, 9.17) is 11.6 Å². The Kier molecular flexibility index (Phi) is 4.30. The van der Waals surface area contributed by atoms with Crippen LogP contribution in [0.4, 0.5) is 0 Å². The SMILES string of the molecule is O=C(Cl)c1cn[nH]c1.O=C(NC1CC1)c1cn[nH]c1. The number of rotatable bonds is 3. The minimum Gasteiger partial charge on any atom is -0.349 e. The zero-order valence-electron chi connectivity index (χ0n) is 9.89. The third-order valence-electron chi connectivity index (χ3n) is 2.40. The Balaban J connectivity index is 0.000000148. The van der Waals surface area contributed by atoms with E-state index in [1.165, 1.54) is 18.6 Å². The van der Waals surface area contributed by atoms with Crippen LogP contribution in [0.1, 0.15) is 33.6 Å². The number of carbonyl (C=O) groups is 2. The Hall–Kier alpha value is -2.15. The summed E-state index contributed by atoms with van der Waals surface area (Å²) in [5.41, 5.74) is 1.00. The highest BCUT2D eigenvalue weighted by molar-refractivity contribution is 6.67. The van der Waals surface area contributed by atoms with E-state index >= 15 is 0 Å². The number of halogens is 1. The van der Waals surface area contributed by atoms with Crippen molar-refractivity contribution in [1.82, 2.24) is 25.7 Å². The molecule has 0 atom stereocenters. The summed E-state index contributed by atoms with van der Waals surface area (Å²) in [6.45, 7) is 0. The molecule has 0 bridgehead atoms. The van der Waals surface area contributed by atoms with Crippen LogP contribution in [0.3, 0.4) is 0 Å². The smallest absolute Gasteiger partial charge is 0.255 e. The number of nitrogens with one attached hydrogen (secondary N) is 3. The minimum atomic E-state index is -0.487. The van der Waals surface area contributed by atoms with Crippen molar-refractivity contribution in [3.8, 4) is 0 Å². The summed E-state index contributed by atoms with van der Waals surface area (Å²) in [6, 6.07) is 0.414. The molecule has 1 saturated carbocycles. The normalized spacial score (nSPS) is 13.3. The van der Waals surface area contributed by atoms with Crippen LogP contribution in [0.2, 0.25) is 0 Å². The molecule has 8 heteroatoms. The molecule has 0 aromatic carbocycles. The van der Waals surface area contributed by atoms with Crippen LogP contribution in [-0.4, -0.2) is 37.6 Å². The van der Waals surface area contributed by atoms with Gasteiger partial charge in [-0.25, -0.2) is 0 Å². The van der Waals surface area contributed by atoms with Crippen LogP contribution in [0, 0.1) is 0 Å². The van der Waals surface area contributed by atoms with Gasteiger partial charge in [0.1, 0.15) is 0 Å². The fourth-order valence-corrected chi connectivity index (χ4v) is 1.33. The molecule has 2 aromatic rings. The Morgan fingerprint density at radius 1 is 1.16 bits per heavy atom. The van der Waals surface area contributed by atoms with Gasteiger partial charge in [-0.1, -0.05) is 0 Å². The van der Waals surface area contributed by atoms with E-state index in [0.29, 0.717) is 17.2 Å². The minimum absolute atomic E-state index is 0.0266. The molecule has 2 heterocycles. The second kappa shape index (κ2) is 6.14. The number of aromatic nitrogens is 4. The number of carbonyl (C=O) groups excluding carboxylic acids is 2. The van der Waals surface area contributed by atoms with E-state index in [2.05, 4.69) is 25.7 Å². The van der Waals surface area contributed by atoms with Crippen molar-refractivity contribution < 1.29 is 9.59 Å². The average molecular weight is 282 g/mol. The Bertz CT molecular complexity index is 533. The molecule has 19 heavy (non-hydrogen) atoms. The first-order valence-electron chi connectivity index (χ1n) is 5.65. The number of amides is 1. The van der Waals surface area contributed by atoms with Gasteiger partial charge in [0.05, 0.1) is 23.5 Å². The first-order valence-corrected chi connectivity index (χ1v) is 6.03. The first-order chi connectivity index (χ1) is 9.16. The molecule has 1 amide bonds. The third kappa shape index (κ3) is 4.22. The lowest BCUT2D eigenvalue weighted by atomic mass is 10.3. The van der Waals surface area contributed by atoms with E-state index in [9.17, 15) is 9.59 Å². The molecule has 0 aliphatic heterocycles. The largest absolute Gasteiger partial charge is 0.349 e. The Morgan fingerprint density at radius 3 is 2.11 bits per heavy atom. The summed E-state index contributed by atoms with van der Waals surface area (Å²) in [6.07, 6.45) is 8.16. The molecule has 1 aliphatic rings. The number of H-pyrrole nitrogens is 2. The summed E-state index contributed by atoms with van der Waals surface area (Å²) in [5.74, 6) is -0.0266. The topological polar surface area (TPSA) is 104 Å². The van der Waals surface area contributed by atoms with Crippen molar-refractivity contribution >= 4 is 22.8 Å². The predicted octanol–water partition coefficient (Wildman–Crippen LogP) is 1.09. The van der Waals surface area contributed by atoms with Gasteiger partial charge in [-0.3, -0.25) is 19.8 Å². The van der Waals surface area contributed by atoms with Gasteiger partial charge >= 0.3 is 0 Å². The highest BCUT2D eigenvalue weighted by Crippen LogP contribution is 2.18. The summed E-state index contributed by atoms with van der Waals surface area (Å²) < 4.78 is 0. The van der Waals surface area contributed by atoms with Gasteiger partial charge in [-0.15, -0.1) is 0 Å². The molecule has 0 spiro atoms. The van der Waals surface area contributed by atoms with Gasteiger partial charge in [0.25, 0.3) is 11.1 Å². The monoisotopic (exact) mass is 281 g/mol. The van der Waals surface area contributed by atoms with E-state index in [1.54, 1.807) is 6.20 Å². The molecule has 0 unspecified atom stereocenters. The van der Waals surface area contributed by atoms with Crippen molar-refractivity contribution in [2.45, 2.75) is 18.9 Å². The van der Waals surface area contributed by atoms with Crippen LogP contribution in [0.25, 0.3) is 0 Å². The quantitative estimate of drug-likeness (QED) is 0.733. The van der Waals surface area contributed by atoms with Crippen molar-refractivity contribution in [1.29, 1.82) is 0 Å². The molecule has 0 radical (unpaired) electrons. The highest BCUT2D eigenvalue weighted by atomic mass is 35.5. The zero-order valence-corrected chi connectivity index (χ0v) is 10.6. The molecular formula is C11H12ClN5O2. The fourth-order valence-electron chi connectivity index (χ4n) is 1.23. The maximum Gasteiger partial charge on any atom is 0.255 e. The molecular weight excluding hydrogens is 270 g/mol. The van der Waals surface area contributed by atoms with E-state index < -0.39 is 5.24 Å².